The molecule has 2 atom stereocenters. The Morgan fingerprint density at radius 2 is 2.26 bits per heavy atom. The molecule has 5 nitrogen and oxygen atoms in total. The molecule has 1 aromatic carbocycles. The summed E-state index contributed by atoms with van der Waals surface area (Å²) in [7, 11) is 0. The van der Waals surface area contributed by atoms with Gasteiger partial charge in [-0.1, -0.05) is 12.5 Å². The van der Waals surface area contributed by atoms with Gasteiger partial charge >= 0.3 is 0 Å². The Balaban J connectivity index is 1.71. The van der Waals surface area contributed by atoms with Gasteiger partial charge in [0.25, 0.3) is 5.91 Å². The number of aliphatic hydroxyl groups is 1. The van der Waals surface area contributed by atoms with Crippen molar-refractivity contribution in [3.63, 3.8) is 0 Å². The van der Waals surface area contributed by atoms with E-state index < -0.39 is 0 Å². The number of aryl methyl sites for hydroxylation is 1. The SMILES string of the molecule is Cc1cc(C(=O)NCC2CCCC2O)nn1-c1cccc(F)c1. The fourth-order valence-corrected chi connectivity index (χ4v) is 3.02. The Hall–Kier alpha value is -2.21. The van der Waals surface area contributed by atoms with Crippen molar-refractivity contribution < 1.29 is 14.3 Å². The van der Waals surface area contributed by atoms with Crippen LogP contribution in [0.2, 0.25) is 0 Å². The third-order valence-corrected chi connectivity index (χ3v) is 4.32. The summed E-state index contributed by atoms with van der Waals surface area (Å²) in [5.74, 6) is -0.508. The van der Waals surface area contributed by atoms with Gasteiger partial charge in [0, 0.05) is 18.2 Å². The van der Waals surface area contributed by atoms with Crippen molar-refractivity contribution in [1.82, 2.24) is 15.1 Å². The summed E-state index contributed by atoms with van der Waals surface area (Å²) in [6.07, 6.45) is 2.39. The predicted octanol–water partition coefficient (Wildman–Crippen LogP) is 2.21. The lowest BCUT2D eigenvalue weighted by atomic mass is 10.1. The maximum atomic E-state index is 13.3. The van der Waals surface area contributed by atoms with Crippen molar-refractivity contribution >= 4 is 5.91 Å². The van der Waals surface area contributed by atoms with Crippen molar-refractivity contribution in [2.24, 2.45) is 5.92 Å². The summed E-state index contributed by atoms with van der Waals surface area (Å²) in [6, 6.07) is 7.75. The first-order valence-electron chi connectivity index (χ1n) is 7.83. The molecular weight excluding hydrogens is 297 g/mol. The number of rotatable bonds is 4. The van der Waals surface area contributed by atoms with Crippen molar-refractivity contribution in [3.8, 4) is 5.69 Å². The van der Waals surface area contributed by atoms with E-state index in [1.807, 2.05) is 6.92 Å². The lowest BCUT2D eigenvalue weighted by Gasteiger charge is -2.14. The number of hydrogen-bond acceptors (Lipinski definition) is 3. The average molecular weight is 317 g/mol. The zero-order chi connectivity index (χ0) is 16.4. The second kappa shape index (κ2) is 6.50. The highest BCUT2D eigenvalue weighted by atomic mass is 19.1. The van der Waals surface area contributed by atoms with E-state index in [1.54, 1.807) is 22.9 Å². The van der Waals surface area contributed by atoms with Crippen LogP contribution >= 0.6 is 0 Å². The van der Waals surface area contributed by atoms with E-state index >= 15 is 0 Å². The maximum Gasteiger partial charge on any atom is 0.271 e. The highest BCUT2D eigenvalue weighted by molar-refractivity contribution is 5.92. The number of nitrogens with zero attached hydrogens (tertiary/aromatic N) is 2. The predicted molar refractivity (Wildman–Crippen MR) is 83.9 cm³/mol. The number of aliphatic hydroxyl groups excluding tert-OH is 1. The zero-order valence-corrected chi connectivity index (χ0v) is 13.0. The molecule has 0 bridgehead atoms. The van der Waals surface area contributed by atoms with Crippen molar-refractivity contribution in [2.45, 2.75) is 32.3 Å². The summed E-state index contributed by atoms with van der Waals surface area (Å²) >= 11 is 0. The molecule has 1 amide bonds. The Kier molecular flexibility index (Phi) is 4.43. The van der Waals surface area contributed by atoms with Gasteiger partial charge in [-0.3, -0.25) is 4.79 Å². The van der Waals surface area contributed by atoms with E-state index in [2.05, 4.69) is 10.4 Å². The molecule has 2 aromatic rings. The zero-order valence-electron chi connectivity index (χ0n) is 13.0. The number of hydrogen-bond donors (Lipinski definition) is 2. The molecule has 3 rings (SSSR count). The third kappa shape index (κ3) is 3.42. The number of aromatic nitrogens is 2. The Morgan fingerprint density at radius 3 is 2.96 bits per heavy atom. The van der Waals surface area contributed by atoms with Crippen LogP contribution in [-0.4, -0.2) is 33.4 Å². The first kappa shape index (κ1) is 15.7. The van der Waals surface area contributed by atoms with E-state index in [1.165, 1.54) is 12.1 Å². The van der Waals surface area contributed by atoms with Crippen LogP contribution in [0, 0.1) is 18.7 Å². The molecule has 2 N–H and O–H groups in total. The quantitative estimate of drug-likeness (QED) is 0.908. The van der Waals surface area contributed by atoms with Crippen LogP contribution < -0.4 is 5.32 Å². The van der Waals surface area contributed by atoms with Crippen LogP contribution in [0.3, 0.4) is 0 Å². The fourth-order valence-electron chi connectivity index (χ4n) is 3.02. The van der Waals surface area contributed by atoms with Crippen LogP contribution in [0.15, 0.2) is 30.3 Å². The Bertz CT molecular complexity index is 714. The van der Waals surface area contributed by atoms with Crippen LogP contribution in [0.1, 0.15) is 35.4 Å². The number of nitrogens with one attached hydrogen (secondary N) is 1. The number of halogens is 1. The first-order valence-corrected chi connectivity index (χ1v) is 7.83. The molecule has 1 saturated carbocycles. The average Bonchev–Trinajstić information content (AvgIpc) is 3.11. The van der Waals surface area contributed by atoms with Crippen LogP contribution in [0.25, 0.3) is 5.69 Å². The molecular formula is C17H20FN3O2. The third-order valence-electron chi connectivity index (χ3n) is 4.32. The summed E-state index contributed by atoms with van der Waals surface area (Å²) < 4.78 is 14.9. The molecule has 1 aromatic heterocycles. The van der Waals surface area contributed by atoms with E-state index in [4.69, 9.17) is 0 Å². The molecule has 0 aliphatic heterocycles. The largest absolute Gasteiger partial charge is 0.393 e. The molecule has 23 heavy (non-hydrogen) atoms. The fraction of sp³-hybridized carbons (Fsp3) is 0.412. The Morgan fingerprint density at radius 1 is 1.43 bits per heavy atom. The van der Waals surface area contributed by atoms with Gasteiger partial charge in [-0.2, -0.15) is 5.10 Å². The molecule has 122 valence electrons. The van der Waals surface area contributed by atoms with Gasteiger partial charge in [0.05, 0.1) is 11.8 Å². The van der Waals surface area contributed by atoms with Gasteiger partial charge in [0.15, 0.2) is 5.69 Å². The molecule has 1 fully saturated rings. The number of carbonyl (C=O) groups excluding carboxylic acids is 1. The van der Waals surface area contributed by atoms with Gasteiger partial charge in [-0.25, -0.2) is 9.07 Å². The molecule has 6 heteroatoms. The van der Waals surface area contributed by atoms with Gasteiger partial charge in [-0.05, 0) is 44.0 Å². The number of amides is 1. The lowest BCUT2D eigenvalue weighted by Crippen LogP contribution is -2.32. The highest BCUT2D eigenvalue weighted by Crippen LogP contribution is 2.24. The van der Waals surface area contributed by atoms with Gasteiger partial charge in [0.2, 0.25) is 0 Å². The minimum Gasteiger partial charge on any atom is -0.393 e. The molecule has 1 aliphatic carbocycles. The maximum absolute atomic E-state index is 13.3. The molecule has 1 heterocycles. The molecule has 0 spiro atoms. The van der Waals surface area contributed by atoms with Crippen LogP contribution in [0.5, 0.6) is 0 Å². The minimum atomic E-state index is -0.348. The number of carbonyl (C=O) groups is 1. The molecule has 0 saturated heterocycles. The normalized spacial score (nSPS) is 20.7. The van der Waals surface area contributed by atoms with Gasteiger partial charge in [0.1, 0.15) is 5.82 Å². The van der Waals surface area contributed by atoms with Crippen molar-refractivity contribution in [2.75, 3.05) is 6.54 Å². The van der Waals surface area contributed by atoms with Crippen molar-refractivity contribution in [3.05, 3.63) is 47.5 Å². The number of benzene rings is 1. The minimum absolute atomic E-state index is 0.116. The topological polar surface area (TPSA) is 67.2 Å². The Labute approximate surface area is 134 Å². The highest BCUT2D eigenvalue weighted by Gasteiger charge is 2.25. The second-order valence-electron chi connectivity index (χ2n) is 6.03. The monoisotopic (exact) mass is 317 g/mol. The second-order valence-corrected chi connectivity index (χ2v) is 6.03. The van der Waals surface area contributed by atoms with Gasteiger partial charge < -0.3 is 10.4 Å². The van der Waals surface area contributed by atoms with E-state index in [-0.39, 0.29) is 23.7 Å². The summed E-state index contributed by atoms with van der Waals surface area (Å²) in [5, 5.41) is 16.9. The summed E-state index contributed by atoms with van der Waals surface area (Å²) in [6.45, 7) is 2.27. The van der Waals surface area contributed by atoms with Crippen LogP contribution in [0.4, 0.5) is 4.39 Å². The van der Waals surface area contributed by atoms with E-state index in [9.17, 15) is 14.3 Å². The first-order chi connectivity index (χ1) is 11.0. The smallest absolute Gasteiger partial charge is 0.271 e. The van der Waals surface area contributed by atoms with Gasteiger partial charge in [-0.15, -0.1) is 0 Å². The molecule has 1 aliphatic rings. The van der Waals surface area contributed by atoms with Crippen LogP contribution in [-0.2, 0) is 0 Å². The van der Waals surface area contributed by atoms with Crippen molar-refractivity contribution in [1.29, 1.82) is 0 Å². The standard InChI is InChI=1S/C17H20FN3O2/c1-11-8-15(17(23)19-10-12-4-2-7-16(12)22)20-21(11)14-6-3-5-13(18)9-14/h3,5-6,8-9,12,16,22H,2,4,7,10H2,1H3,(H,19,23). The van der Waals surface area contributed by atoms with E-state index in [0.29, 0.717) is 17.9 Å². The lowest BCUT2D eigenvalue weighted by molar-refractivity contribution is 0.0911. The van der Waals surface area contributed by atoms with E-state index in [0.717, 1.165) is 25.0 Å². The summed E-state index contributed by atoms with van der Waals surface area (Å²) in [5.41, 5.74) is 1.62. The molecule has 0 radical (unpaired) electrons. The summed E-state index contributed by atoms with van der Waals surface area (Å²) in [4.78, 5) is 12.2. The molecule has 2 unspecified atom stereocenters.